The molecule has 1 aromatic rings. The van der Waals surface area contributed by atoms with E-state index in [0.717, 1.165) is 12.0 Å². The van der Waals surface area contributed by atoms with Crippen molar-refractivity contribution in [3.63, 3.8) is 0 Å². The second kappa shape index (κ2) is 2.91. The molecular formula is C9H13NO. The third-order valence-corrected chi connectivity index (χ3v) is 1.85. The minimum Gasteiger partial charge on any atom is -0.348 e. The van der Waals surface area contributed by atoms with E-state index in [2.05, 4.69) is 13.8 Å². The summed E-state index contributed by atoms with van der Waals surface area (Å²) in [5.74, 6) is 0.495. The lowest BCUT2D eigenvalue weighted by Gasteiger charge is -1.97. The van der Waals surface area contributed by atoms with Gasteiger partial charge in [0.25, 0.3) is 0 Å². The summed E-state index contributed by atoms with van der Waals surface area (Å²) in [6.45, 7) is 4.23. The Morgan fingerprint density at radius 1 is 1.55 bits per heavy atom. The number of carbonyl (C=O) groups is 1. The molecule has 0 atom stereocenters. The number of hydrogen-bond donors (Lipinski definition) is 0. The average molecular weight is 151 g/mol. The minimum atomic E-state index is 0.495. The van der Waals surface area contributed by atoms with Gasteiger partial charge in [-0.2, -0.15) is 0 Å². The molecule has 0 spiro atoms. The summed E-state index contributed by atoms with van der Waals surface area (Å²) in [6, 6.07) is 1.93. The lowest BCUT2D eigenvalue weighted by Crippen LogP contribution is -1.90. The van der Waals surface area contributed by atoms with Crippen molar-refractivity contribution in [1.82, 2.24) is 4.57 Å². The van der Waals surface area contributed by atoms with Crippen molar-refractivity contribution in [2.75, 3.05) is 0 Å². The predicted molar refractivity (Wildman–Crippen MR) is 44.9 cm³/mol. The first-order chi connectivity index (χ1) is 5.15. The van der Waals surface area contributed by atoms with Crippen molar-refractivity contribution in [3.05, 3.63) is 23.5 Å². The predicted octanol–water partition coefficient (Wildman–Crippen LogP) is 1.96. The summed E-state index contributed by atoms with van der Waals surface area (Å²) >= 11 is 0. The summed E-state index contributed by atoms with van der Waals surface area (Å²) < 4.78 is 1.85. The normalized spacial score (nSPS) is 10.5. The molecule has 0 unspecified atom stereocenters. The van der Waals surface area contributed by atoms with Gasteiger partial charge in [0.05, 0.1) is 5.69 Å². The summed E-state index contributed by atoms with van der Waals surface area (Å²) in [4.78, 5) is 10.4. The van der Waals surface area contributed by atoms with Gasteiger partial charge in [-0.1, -0.05) is 13.8 Å². The Balaban J connectivity index is 3.04. The van der Waals surface area contributed by atoms with Crippen LogP contribution in [0.1, 0.15) is 35.8 Å². The molecule has 0 saturated carbocycles. The zero-order chi connectivity index (χ0) is 8.43. The number of aromatic nitrogens is 1. The number of aryl methyl sites for hydroxylation is 1. The third kappa shape index (κ3) is 1.50. The molecule has 0 aliphatic heterocycles. The maximum absolute atomic E-state index is 10.4. The molecule has 0 N–H and O–H groups in total. The number of rotatable bonds is 2. The highest BCUT2D eigenvalue weighted by Crippen LogP contribution is 2.15. The molecule has 1 aromatic heterocycles. The Morgan fingerprint density at radius 3 is 2.45 bits per heavy atom. The molecule has 0 radical (unpaired) electrons. The molecule has 1 heterocycles. The Hall–Kier alpha value is -1.05. The molecule has 0 bridgehead atoms. The number of carbonyl (C=O) groups excluding carboxylic acids is 1. The summed E-state index contributed by atoms with van der Waals surface area (Å²) in [5, 5.41) is 0. The van der Waals surface area contributed by atoms with Gasteiger partial charge in [-0.25, -0.2) is 0 Å². The minimum absolute atomic E-state index is 0.495. The Labute approximate surface area is 66.8 Å². The average Bonchev–Trinajstić information content (AvgIpc) is 2.31. The molecule has 0 amide bonds. The molecular weight excluding hydrogens is 138 g/mol. The molecule has 60 valence electrons. The Bertz CT molecular complexity index is 261. The molecule has 0 aliphatic carbocycles. The van der Waals surface area contributed by atoms with Crippen LogP contribution in [0.4, 0.5) is 0 Å². The van der Waals surface area contributed by atoms with Crippen LogP contribution in [0.3, 0.4) is 0 Å². The molecule has 0 aliphatic rings. The first-order valence-electron chi connectivity index (χ1n) is 3.76. The maximum atomic E-state index is 10.4. The van der Waals surface area contributed by atoms with E-state index < -0.39 is 0 Å². The van der Waals surface area contributed by atoms with Crippen molar-refractivity contribution in [3.8, 4) is 0 Å². The highest BCUT2D eigenvalue weighted by Gasteiger charge is 2.04. The highest BCUT2D eigenvalue weighted by molar-refractivity contribution is 5.72. The number of nitrogens with zero attached hydrogens (tertiary/aromatic N) is 1. The standard InChI is InChI=1S/C9H13NO/c1-7(2)8-4-9(6-11)10(3)5-8/h4-7H,1-3H3. The lowest BCUT2D eigenvalue weighted by molar-refractivity contribution is 0.111. The van der Waals surface area contributed by atoms with Gasteiger partial charge >= 0.3 is 0 Å². The number of hydrogen-bond acceptors (Lipinski definition) is 1. The van der Waals surface area contributed by atoms with Crippen molar-refractivity contribution in [1.29, 1.82) is 0 Å². The fourth-order valence-electron chi connectivity index (χ4n) is 1.04. The summed E-state index contributed by atoms with van der Waals surface area (Å²) in [7, 11) is 1.88. The molecule has 0 aromatic carbocycles. The molecule has 0 fully saturated rings. The Kier molecular flexibility index (Phi) is 2.13. The Morgan fingerprint density at radius 2 is 2.18 bits per heavy atom. The topological polar surface area (TPSA) is 22.0 Å². The van der Waals surface area contributed by atoms with Crippen LogP contribution < -0.4 is 0 Å². The van der Waals surface area contributed by atoms with E-state index in [-0.39, 0.29) is 0 Å². The lowest BCUT2D eigenvalue weighted by atomic mass is 10.1. The molecule has 11 heavy (non-hydrogen) atoms. The van der Waals surface area contributed by atoms with Crippen molar-refractivity contribution >= 4 is 6.29 Å². The van der Waals surface area contributed by atoms with Gasteiger partial charge in [0, 0.05) is 13.2 Å². The summed E-state index contributed by atoms with van der Waals surface area (Å²) in [6.07, 6.45) is 2.88. The first kappa shape index (κ1) is 8.05. The van der Waals surface area contributed by atoms with Gasteiger partial charge in [0.15, 0.2) is 6.29 Å². The van der Waals surface area contributed by atoms with Crippen molar-refractivity contribution < 1.29 is 4.79 Å². The van der Waals surface area contributed by atoms with Crippen LogP contribution >= 0.6 is 0 Å². The third-order valence-electron chi connectivity index (χ3n) is 1.85. The van der Waals surface area contributed by atoms with Gasteiger partial charge < -0.3 is 4.57 Å². The summed E-state index contributed by atoms with van der Waals surface area (Å²) in [5.41, 5.74) is 1.96. The molecule has 1 rings (SSSR count). The van der Waals surface area contributed by atoms with E-state index >= 15 is 0 Å². The van der Waals surface area contributed by atoms with Gasteiger partial charge in [0.1, 0.15) is 0 Å². The zero-order valence-electron chi connectivity index (χ0n) is 7.16. The van der Waals surface area contributed by atoms with Crippen LogP contribution in [0, 0.1) is 0 Å². The van der Waals surface area contributed by atoms with E-state index in [0.29, 0.717) is 5.92 Å². The fourth-order valence-corrected chi connectivity index (χ4v) is 1.04. The fraction of sp³-hybridized carbons (Fsp3) is 0.444. The molecule has 0 saturated heterocycles. The number of aldehydes is 1. The first-order valence-corrected chi connectivity index (χ1v) is 3.76. The van der Waals surface area contributed by atoms with E-state index in [1.54, 1.807) is 0 Å². The SMILES string of the molecule is CC(C)c1cc(C=O)n(C)c1. The van der Waals surface area contributed by atoms with Crippen molar-refractivity contribution in [2.24, 2.45) is 7.05 Å². The second-order valence-corrected chi connectivity index (χ2v) is 3.08. The van der Waals surface area contributed by atoms with Gasteiger partial charge in [-0.3, -0.25) is 4.79 Å². The van der Waals surface area contributed by atoms with E-state index in [1.807, 2.05) is 23.9 Å². The highest BCUT2D eigenvalue weighted by atomic mass is 16.1. The van der Waals surface area contributed by atoms with Crippen LogP contribution in [0.5, 0.6) is 0 Å². The van der Waals surface area contributed by atoms with Gasteiger partial charge in [-0.15, -0.1) is 0 Å². The van der Waals surface area contributed by atoms with Crippen LogP contribution in [0.15, 0.2) is 12.3 Å². The van der Waals surface area contributed by atoms with Crippen LogP contribution in [0.2, 0.25) is 0 Å². The second-order valence-electron chi connectivity index (χ2n) is 3.08. The van der Waals surface area contributed by atoms with Gasteiger partial charge in [0.2, 0.25) is 0 Å². The van der Waals surface area contributed by atoms with E-state index in [4.69, 9.17) is 0 Å². The monoisotopic (exact) mass is 151 g/mol. The smallest absolute Gasteiger partial charge is 0.166 e. The quantitative estimate of drug-likeness (QED) is 0.592. The molecule has 2 heteroatoms. The molecule has 2 nitrogen and oxygen atoms in total. The van der Waals surface area contributed by atoms with Crippen molar-refractivity contribution in [2.45, 2.75) is 19.8 Å². The van der Waals surface area contributed by atoms with E-state index in [1.165, 1.54) is 5.56 Å². The zero-order valence-corrected chi connectivity index (χ0v) is 7.16. The van der Waals surface area contributed by atoms with Crippen LogP contribution in [0.25, 0.3) is 0 Å². The maximum Gasteiger partial charge on any atom is 0.166 e. The van der Waals surface area contributed by atoms with E-state index in [9.17, 15) is 4.79 Å². The van der Waals surface area contributed by atoms with Gasteiger partial charge in [-0.05, 0) is 17.5 Å². The van der Waals surface area contributed by atoms with Crippen LogP contribution in [-0.2, 0) is 7.05 Å². The van der Waals surface area contributed by atoms with Crippen LogP contribution in [-0.4, -0.2) is 10.9 Å². The largest absolute Gasteiger partial charge is 0.348 e.